The predicted octanol–water partition coefficient (Wildman–Crippen LogP) is 2.11. The minimum absolute atomic E-state index is 0.161. The van der Waals surface area contributed by atoms with E-state index in [1.807, 2.05) is 35.9 Å². The van der Waals surface area contributed by atoms with Gasteiger partial charge in [0.2, 0.25) is 5.95 Å². The Morgan fingerprint density at radius 1 is 1.45 bits per heavy atom. The Bertz CT molecular complexity index is 662. The van der Waals surface area contributed by atoms with Crippen molar-refractivity contribution >= 4 is 23.0 Å². The smallest absolute Gasteiger partial charge is 0.308 e. The molecule has 0 spiro atoms. The van der Waals surface area contributed by atoms with Gasteiger partial charge in [0.05, 0.1) is 17.0 Å². The van der Waals surface area contributed by atoms with Crippen molar-refractivity contribution in [3.8, 4) is 0 Å². The van der Waals surface area contributed by atoms with Crippen molar-refractivity contribution in [1.82, 2.24) is 9.55 Å². The van der Waals surface area contributed by atoms with E-state index in [-0.39, 0.29) is 5.92 Å². The highest BCUT2D eigenvalue weighted by Gasteiger charge is 2.29. The third kappa shape index (κ3) is 2.92. The number of anilines is 1. The second-order valence-corrected chi connectivity index (χ2v) is 5.76. The molecule has 2 N–H and O–H groups in total. The summed E-state index contributed by atoms with van der Waals surface area (Å²) in [6.07, 6.45) is 1.61. The molecule has 0 amide bonds. The summed E-state index contributed by atoms with van der Waals surface area (Å²) in [6.45, 7) is 1.69. The minimum atomic E-state index is -0.752. The first-order valence-electron chi connectivity index (χ1n) is 7.62. The molecule has 22 heavy (non-hydrogen) atoms. The highest BCUT2D eigenvalue weighted by Crippen LogP contribution is 2.25. The van der Waals surface area contributed by atoms with Crippen LogP contribution in [0.15, 0.2) is 24.3 Å². The van der Waals surface area contributed by atoms with Gasteiger partial charge >= 0.3 is 5.97 Å². The van der Waals surface area contributed by atoms with Crippen LogP contribution in [-0.4, -0.2) is 40.4 Å². The molecule has 1 aliphatic heterocycles. The van der Waals surface area contributed by atoms with Gasteiger partial charge in [0.15, 0.2) is 0 Å². The number of carboxylic acids is 1. The van der Waals surface area contributed by atoms with E-state index in [2.05, 4.69) is 10.3 Å². The predicted molar refractivity (Wildman–Crippen MR) is 83.9 cm³/mol. The summed E-state index contributed by atoms with van der Waals surface area (Å²) >= 11 is 0. The van der Waals surface area contributed by atoms with Crippen molar-refractivity contribution in [2.75, 3.05) is 25.1 Å². The zero-order valence-electron chi connectivity index (χ0n) is 12.7. The number of nitrogens with zero attached hydrogens (tertiary/aromatic N) is 2. The van der Waals surface area contributed by atoms with E-state index >= 15 is 0 Å². The number of benzene rings is 1. The number of rotatable bonds is 5. The lowest BCUT2D eigenvalue weighted by molar-refractivity contribution is -0.144. The fourth-order valence-corrected chi connectivity index (χ4v) is 3.08. The number of hydrogen-bond acceptors (Lipinski definition) is 4. The summed E-state index contributed by atoms with van der Waals surface area (Å²) in [5, 5.41) is 12.7. The lowest BCUT2D eigenvalue weighted by Gasteiger charge is -2.27. The Morgan fingerprint density at radius 2 is 2.18 bits per heavy atom. The number of carboxylic acid groups (broad SMARTS) is 1. The highest BCUT2D eigenvalue weighted by atomic mass is 16.5. The lowest BCUT2D eigenvalue weighted by Crippen LogP contribution is -2.34. The molecular weight excluding hydrogens is 282 g/mol. The fraction of sp³-hybridized carbons (Fsp3) is 0.500. The number of nitrogens with one attached hydrogen (secondary N) is 1. The van der Waals surface area contributed by atoms with Crippen molar-refractivity contribution in [3.05, 3.63) is 24.3 Å². The van der Waals surface area contributed by atoms with Crippen LogP contribution in [0.4, 0.5) is 5.95 Å². The number of hydrogen-bond donors (Lipinski definition) is 2. The molecule has 2 heterocycles. The average Bonchev–Trinajstić information content (AvgIpc) is 2.85. The third-order valence-corrected chi connectivity index (χ3v) is 4.42. The molecule has 1 saturated heterocycles. The molecule has 1 unspecified atom stereocenters. The zero-order valence-corrected chi connectivity index (χ0v) is 12.7. The normalized spacial score (nSPS) is 17.5. The summed E-state index contributed by atoms with van der Waals surface area (Å²) in [5.74, 6) is -0.296. The summed E-state index contributed by atoms with van der Waals surface area (Å²) in [6, 6.07) is 7.87. The van der Waals surface area contributed by atoms with E-state index in [9.17, 15) is 9.90 Å². The van der Waals surface area contributed by atoms with E-state index < -0.39 is 11.9 Å². The van der Waals surface area contributed by atoms with Crippen LogP contribution in [0.3, 0.4) is 0 Å². The van der Waals surface area contributed by atoms with Crippen LogP contribution < -0.4 is 5.32 Å². The highest BCUT2D eigenvalue weighted by molar-refractivity contribution is 5.78. The maximum Gasteiger partial charge on any atom is 0.308 e. The maximum atomic E-state index is 11.6. The van der Waals surface area contributed by atoms with E-state index in [0.29, 0.717) is 25.7 Å². The molecule has 0 radical (unpaired) electrons. The number of imidazole rings is 1. The number of aliphatic carboxylic acids is 1. The lowest BCUT2D eigenvalue weighted by atomic mass is 9.86. The van der Waals surface area contributed by atoms with Crippen LogP contribution in [0.1, 0.15) is 12.8 Å². The van der Waals surface area contributed by atoms with Crippen LogP contribution in [0.25, 0.3) is 11.0 Å². The van der Waals surface area contributed by atoms with E-state index in [4.69, 9.17) is 4.74 Å². The molecule has 0 bridgehead atoms. The molecule has 1 fully saturated rings. The van der Waals surface area contributed by atoms with Gasteiger partial charge in [0.1, 0.15) is 0 Å². The first kappa shape index (κ1) is 14.8. The Morgan fingerprint density at radius 3 is 2.86 bits per heavy atom. The van der Waals surface area contributed by atoms with Gasteiger partial charge in [-0.15, -0.1) is 0 Å². The molecular formula is C16H21N3O3. The molecule has 6 nitrogen and oxygen atoms in total. The number of carbonyl (C=O) groups is 1. The van der Waals surface area contributed by atoms with Crippen LogP contribution in [0.5, 0.6) is 0 Å². The molecule has 0 aliphatic carbocycles. The molecule has 1 aromatic carbocycles. The first-order chi connectivity index (χ1) is 10.7. The van der Waals surface area contributed by atoms with Crippen LogP contribution in [0, 0.1) is 11.8 Å². The quantitative estimate of drug-likeness (QED) is 0.884. The molecule has 2 aromatic rings. The largest absolute Gasteiger partial charge is 0.481 e. The van der Waals surface area contributed by atoms with E-state index in [1.54, 1.807) is 0 Å². The molecule has 118 valence electrons. The van der Waals surface area contributed by atoms with Gasteiger partial charge in [-0.2, -0.15) is 0 Å². The molecule has 1 atom stereocenters. The molecule has 6 heteroatoms. The number of aromatic nitrogens is 2. The minimum Gasteiger partial charge on any atom is -0.481 e. The Labute approximate surface area is 129 Å². The Hall–Kier alpha value is -2.08. The molecule has 0 saturated carbocycles. The Balaban J connectivity index is 1.73. The van der Waals surface area contributed by atoms with Crippen molar-refractivity contribution in [1.29, 1.82) is 0 Å². The van der Waals surface area contributed by atoms with Crippen molar-refractivity contribution in [2.45, 2.75) is 12.8 Å². The van der Waals surface area contributed by atoms with Gasteiger partial charge in [-0.3, -0.25) is 4.79 Å². The van der Waals surface area contributed by atoms with Crippen molar-refractivity contribution in [3.63, 3.8) is 0 Å². The van der Waals surface area contributed by atoms with Crippen molar-refractivity contribution in [2.24, 2.45) is 18.9 Å². The maximum absolute atomic E-state index is 11.6. The number of ether oxygens (including phenoxy) is 1. The SMILES string of the molecule is Cn1c(NCC(C(=O)O)C2CCOCC2)nc2ccccc21. The van der Waals surface area contributed by atoms with E-state index in [1.165, 1.54) is 0 Å². The number of para-hydroxylation sites is 2. The second kappa shape index (κ2) is 6.36. The third-order valence-electron chi connectivity index (χ3n) is 4.42. The summed E-state index contributed by atoms with van der Waals surface area (Å²) in [5.41, 5.74) is 1.94. The van der Waals surface area contributed by atoms with Crippen LogP contribution in [-0.2, 0) is 16.6 Å². The summed E-state index contributed by atoms with van der Waals surface area (Å²) in [7, 11) is 1.93. The topological polar surface area (TPSA) is 76.4 Å². The average molecular weight is 303 g/mol. The summed E-state index contributed by atoms with van der Waals surface area (Å²) < 4.78 is 7.28. The van der Waals surface area contributed by atoms with Gasteiger partial charge in [0.25, 0.3) is 0 Å². The molecule has 3 rings (SSSR count). The Kier molecular flexibility index (Phi) is 4.29. The number of aryl methyl sites for hydroxylation is 1. The van der Waals surface area contributed by atoms with Gasteiger partial charge in [0, 0.05) is 26.8 Å². The van der Waals surface area contributed by atoms with Gasteiger partial charge < -0.3 is 19.7 Å². The standard InChI is InChI=1S/C16H21N3O3/c1-19-14-5-3-2-4-13(14)18-16(19)17-10-12(15(20)21)11-6-8-22-9-7-11/h2-5,11-12H,6-10H2,1H3,(H,17,18)(H,20,21). The van der Waals surface area contributed by atoms with Crippen LogP contribution >= 0.6 is 0 Å². The fourth-order valence-electron chi connectivity index (χ4n) is 3.08. The molecule has 1 aromatic heterocycles. The van der Waals surface area contributed by atoms with Gasteiger partial charge in [-0.05, 0) is 30.9 Å². The molecule has 1 aliphatic rings. The summed E-state index contributed by atoms with van der Waals surface area (Å²) in [4.78, 5) is 16.1. The van der Waals surface area contributed by atoms with Gasteiger partial charge in [-0.25, -0.2) is 4.98 Å². The van der Waals surface area contributed by atoms with Crippen LogP contribution in [0.2, 0.25) is 0 Å². The first-order valence-corrected chi connectivity index (χ1v) is 7.62. The zero-order chi connectivity index (χ0) is 15.5. The number of fused-ring (bicyclic) bond motifs is 1. The monoisotopic (exact) mass is 303 g/mol. The van der Waals surface area contributed by atoms with E-state index in [0.717, 1.165) is 23.9 Å². The van der Waals surface area contributed by atoms with Gasteiger partial charge in [-0.1, -0.05) is 12.1 Å². The van der Waals surface area contributed by atoms with Crippen molar-refractivity contribution < 1.29 is 14.6 Å². The second-order valence-electron chi connectivity index (χ2n) is 5.76.